The van der Waals surface area contributed by atoms with Crippen LogP contribution in [0.1, 0.15) is 0 Å². The third-order valence-corrected chi connectivity index (χ3v) is 2.75. The van der Waals surface area contributed by atoms with Crippen LogP contribution in [0.2, 0.25) is 0 Å². The summed E-state index contributed by atoms with van der Waals surface area (Å²) in [6.45, 7) is 0. The summed E-state index contributed by atoms with van der Waals surface area (Å²) in [6.07, 6.45) is 4.17. The van der Waals surface area contributed by atoms with Gasteiger partial charge >= 0.3 is 0 Å². The number of thioether (sulfide) groups is 1. The number of halogens is 1. The maximum atomic E-state index is 10.2. The smallest absolute Gasteiger partial charge is 0.187 e. The van der Waals surface area contributed by atoms with Gasteiger partial charge in [-0.1, -0.05) is 11.8 Å². The second-order valence-corrected chi connectivity index (χ2v) is 4.53. The van der Waals surface area contributed by atoms with Crippen LogP contribution in [0.15, 0.2) is 17.6 Å². The van der Waals surface area contributed by atoms with E-state index in [2.05, 4.69) is 32.6 Å². The second-order valence-electron chi connectivity index (χ2n) is 2.29. The molecule has 0 aromatic carbocycles. The van der Waals surface area contributed by atoms with E-state index >= 15 is 0 Å². The molecule has 0 aliphatic rings. The Morgan fingerprint density at radius 1 is 1.62 bits per heavy atom. The molecule has 1 aromatic heterocycles. The highest BCUT2D eigenvalue weighted by atomic mass is 127. The van der Waals surface area contributed by atoms with E-state index in [-0.39, 0.29) is 0 Å². The molecule has 70 valence electrons. The number of hydrogen-bond donors (Lipinski definition) is 1. The number of rotatable bonds is 4. The standard InChI is InChI=1S/C7H8IN3OS/c8-5-1-10-7(11-2-5)13-4-6(9)3-12/h1-3,6H,4,9H2/t6-/m1/s1. The van der Waals surface area contributed by atoms with E-state index in [1.165, 1.54) is 11.8 Å². The lowest BCUT2D eigenvalue weighted by Gasteiger charge is -2.01. The zero-order valence-electron chi connectivity index (χ0n) is 6.68. The lowest BCUT2D eigenvalue weighted by molar-refractivity contribution is -0.108. The van der Waals surface area contributed by atoms with Crippen molar-refractivity contribution in [1.82, 2.24) is 9.97 Å². The van der Waals surface area contributed by atoms with Gasteiger partial charge in [-0.3, -0.25) is 0 Å². The molecule has 0 saturated carbocycles. The van der Waals surface area contributed by atoms with E-state index in [4.69, 9.17) is 5.73 Å². The summed E-state index contributed by atoms with van der Waals surface area (Å²) in [5.41, 5.74) is 5.40. The first kappa shape index (κ1) is 10.9. The Morgan fingerprint density at radius 3 is 2.77 bits per heavy atom. The van der Waals surface area contributed by atoms with Crippen molar-refractivity contribution >= 4 is 40.6 Å². The van der Waals surface area contributed by atoms with Crippen molar-refractivity contribution in [2.24, 2.45) is 5.73 Å². The number of carbonyl (C=O) groups excluding carboxylic acids is 1. The van der Waals surface area contributed by atoms with Crippen LogP contribution >= 0.6 is 34.4 Å². The largest absolute Gasteiger partial charge is 0.321 e. The fourth-order valence-electron chi connectivity index (χ4n) is 0.585. The first-order valence-corrected chi connectivity index (χ1v) is 5.60. The molecule has 0 spiro atoms. The molecule has 6 heteroatoms. The maximum Gasteiger partial charge on any atom is 0.187 e. The summed E-state index contributed by atoms with van der Waals surface area (Å²) in [7, 11) is 0. The number of nitrogens with two attached hydrogens (primary N) is 1. The Bertz CT molecular complexity index is 280. The quantitative estimate of drug-likeness (QED) is 0.384. The summed E-state index contributed by atoms with van der Waals surface area (Å²) in [4.78, 5) is 18.3. The van der Waals surface area contributed by atoms with Crippen LogP contribution in [0, 0.1) is 3.57 Å². The van der Waals surface area contributed by atoms with Gasteiger partial charge in [-0.05, 0) is 22.6 Å². The topological polar surface area (TPSA) is 68.9 Å². The molecule has 1 heterocycles. The van der Waals surface area contributed by atoms with E-state index in [1.807, 2.05) is 0 Å². The molecule has 1 atom stereocenters. The molecule has 1 rings (SSSR count). The van der Waals surface area contributed by atoms with E-state index < -0.39 is 6.04 Å². The zero-order valence-corrected chi connectivity index (χ0v) is 9.66. The Balaban J connectivity index is 2.45. The van der Waals surface area contributed by atoms with Gasteiger partial charge in [0.15, 0.2) is 5.16 Å². The van der Waals surface area contributed by atoms with Crippen LogP contribution in [-0.2, 0) is 4.79 Å². The first-order valence-electron chi connectivity index (χ1n) is 3.53. The summed E-state index contributed by atoms with van der Waals surface area (Å²) < 4.78 is 0.988. The molecule has 0 bridgehead atoms. The highest BCUT2D eigenvalue weighted by Gasteiger charge is 2.02. The Labute approximate surface area is 93.9 Å². The average Bonchev–Trinajstić information content (AvgIpc) is 2.16. The average molecular weight is 309 g/mol. The molecule has 0 fully saturated rings. The van der Waals surface area contributed by atoms with Crippen LogP contribution in [0.3, 0.4) is 0 Å². The van der Waals surface area contributed by atoms with Gasteiger partial charge in [0, 0.05) is 21.7 Å². The fourth-order valence-corrected chi connectivity index (χ4v) is 1.54. The van der Waals surface area contributed by atoms with Crippen LogP contribution in [0.5, 0.6) is 0 Å². The minimum Gasteiger partial charge on any atom is -0.321 e. The van der Waals surface area contributed by atoms with Crippen LogP contribution in [0.4, 0.5) is 0 Å². The minimum absolute atomic E-state index is 0.437. The van der Waals surface area contributed by atoms with E-state index in [1.54, 1.807) is 12.4 Å². The summed E-state index contributed by atoms with van der Waals surface area (Å²) in [5, 5.41) is 0.651. The second kappa shape index (κ2) is 5.51. The normalized spacial score (nSPS) is 12.5. The van der Waals surface area contributed by atoms with Gasteiger partial charge in [-0.15, -0.1) is 0 Å². The highest BCUT2D eigenvalue weighted by molar-refractivity contribution is 14.1. The molecular weight excluding hydrogens is 301 g/mol. The van der Waals surface area contributed by atoms with Crippen LogP contribution in [0.25, 0.3) is 0 Å². The third-order valence-electron chi connectivity index (χ3n) is 1.18. The molecule has 0 amide bonds. The van der Waals surface area contributed by atoms with E-state index in [0.717, 1.165) is 9.86 Å². The number of aldehydes is 1. The summed E-state index contributed by atoms with van der Waals surface area (Å²) >= 11 is 3.51. The molecular formula is C7H8IN3OS. The van der Waals surface area contributed by atoms with E-state index in [9.17, 15) is 4.79 Å². The van der Waals surface area contributed by atoms with Crippen molar-refractivity contribution in [2.45, 2.75) is 11.2 Å². The van der Waals surface area contributed by atoms with Crippen molar-refractivity contribution in [2.75, 3.05) is 5.75 Å². The van der Waals surface area contributed by atoms with Crippen molar-refractivity contribution in [3.05, 3.63) is 16.0 Å². The van der Waals surface area contributed by atoms with E-state index in [0.29, 0.717) is 10.9 Å². The Kier molecular flexibility index (Phi) is 4.60. The first-order chi connectivity index (χ1) is 6.22. The maximum absolute atomic E-state index is 10.2. The molecule has 0 unspecified atom stereocenters. The van der Waals surface area contributed by atoms with Crippen molar-refractivity contribution in [3.8, 4) is 0 Å². The predicted molar refractivity (Wildman–Crippen MR) is 59.5 cm³/mol. The van der Waals surface area contributed by atoms with Gasteiger partial charge in [0.2, 0.25) is 0 Å². The van der Waals surface area contributed by atoms with Gasteiger partial charge in [0.1, 0.15) is 6.29 Å². The van der Waals surface area contributed by atoms with Crippen molar-refractivity contribution < 1.29 is 4.79 Å². The Morgan fingerprint density at radius 2 is 2.23 bits per heavy atom. The molecule has 0 aliphatic carbocycles. The molecule has 2 N–H and O–H groups in total. The van der Waals surface area contributed by atoms with Crippen molar-refractivity contribution in [1.29, 1.82) is 0 Å². The number of hydrogen-bond acceptors (Lipinski definition) is 5. The minimum atomic E-state index is -0.437. The summed E-state index contributed by atoms with van der Waals surface area (Å²) in [5.74, 6) is 0.518. The molecule has 4 nitrogen and oxygen atoms in total. The van der Waals surface area contributed by atoms with Gasteiger partial charge in [0.05, 0.1) is 6.04 Å². The third kappa shape index (κ3) is 4.01. The summed E-state index contributed by atoms with van der Waals surface area (Å²) in [6, 6.07) is -0.437. The van der Waals surface area contributed by atoms with Crippen LogP contribution < -0.4 is 5.73 Å². The molecule has 0 radical (unpaired) electrons. The van der Waals surface area contributed by atoms with Crippen molar-refractivity contribution in [3.63, 3.8) is 0 Å². The number of aromatic nitrogens is 2. The van der Waals surface area contributed by atoms with Gasteiger partial charge in [0.25, 0.3) is 0 Å². The molecule has 0 aliphatic heterocycles. The van der Waals surface area contributed by atoms with Gasteiger partial charge < -0.3 is 10.5 Å². The Hall–Kier alpha value is -0.210. The fraction of sp³-hybridized carbons (Fsp3) is 0.286. The monoisotopic (exact) mass is 309 g/mol. The number of carbonyl (C=O) groups is 1. The molecule has 13 heavy (non-hydrogen) atoms. The SMILES string of the molecule is N[C@H](C=O)CSc1ncc(I)cn1. The predicted octanol–water partition coefficient (Wildman–Crippen LogP) is 0.699. The van der Waals surface area contributed by atoms with Gasteiger partial charge in [-0.25, -0.2) is 9.97 Å². The highest BCUT2D eigenvalue weighted by Crippen LogP contribution is 2.12. The number of nitrogens with zero attached hydrogens (tertiary/aromatic N) is 2. The van der Waals surface area contributed by atoms with Crippen LogP contribution in [-0.4, -0.2) is 28.0 Å². The zero-order chi connectivity index (χ0) is 9.68. The molecule has 0 saturated heterocycles. The lowest BCUT2D eigenvalue weighted by atomic mass is 10.4. The lowest BCUT2D eigenvalue weighted by Crippen LogP contribution is -2.24. The van der Waals surface area contributed by atoms with Gasteiger partial charge in [-0.2, -0.15) is 0 Å². The molecule has 1 aromatic rings.